The third kappa shape index (κ3) is 6.66. The van der Waals surface area contributed by atoms with Crippen LogP contribution in [0.4, 0.5) is 5.69 Å². The SMILES string of the molecule is C[C@@H]1C(c2cccc3c2-c2ccccc2C32c3ccccc3-c3ccccc32)=c2nc3c4cc([C-]=Nc5[c-]cccc5)ccc4c4ccc(-c5nc6ccccc6o5)cc4c3nc2=C1c1cccc2c1-c1ccccc1C21c2ccccc2-c2ccccc21.[U+2]. The second-order valence-electron chi connectivity index (χ2n) is 24.4. The minimum absolute atomic E-state index is 0. The zero-order valence-corrected chi connectivity index (χ0v) is 52.8. The first-order chi connectivity index (χ1) is 44.1. The van der Waals surface area contributed by atoms with Gasteiger partial charge in [0.15, 0.2) is 5.58 Å². The van der Waals surface area contributed by atoms with Crippen molar-refractivity contribution in [1.82, 2.24) is 15.0 Å². The van der Waals surface area contributed by atoms with Crippen LogP contribution in [0.1, 0.15) is 68.1 Å². The zero-order chi connectivity index (χ0) is 58.3. The summed E-state index contributed by atoms with van der Waals surface area (Å²) in [6.07, 6.45) is 3.39. The maximum Gasteiger partial charge on any atom is 2.00 e. The van der Waals surface area contributed by atoms with E-state index in [0.717, 1.165) is 87.8 Å². The van der Waals surface area contributed by atoms with Crippen molar-refractivity contribution in [2.75, 3.05) is 0 Å². The van der Waals surface area contributed by atoms with E-state index in [0.29, 0.717) is 11.6 Å². The summed E-state index contributed by atoms with van der Waals surface area (Å²) in [6, 6.07) is 101. The fourth-order valence-electron chi connectivity index (χ4n) is 16.9. The van der Waals surface area contributed by atoms with E-state index in [1.807, 2.05) is 48.5 Å². The average molecular weight is 1370 g/mol. The van der Waals surface area contributed by atoms with Crippen LogP contribution in [0, 0.1) is 43.1 Å². The predicted octanol–water partition coefficient (Wildman–Crippen LogP) is 17.9. The second-order valence-corrected chi connectivity index (χ2v) is 24.4. The van der Waals surface area contributed by atoms with Gasteiger partial charge in [-0.15, -0.1) is 23.4 Å². The van der Waals surface area contributed by atoms with E-state index in [1.54, 1.807) is 0 Å². The fraction of sp³-hybridized carbons (Fsp3) is 0.0476. The number of hydrogen-bond acceptors (Lipinski definition) is 5. The molecule has 5 aliphatic carbocycles. The monoisotopic (exact) mass is 1370 g/mol. The molecule has 15 aromatic rings. The molecular weight excluding hydrogens is 1320 g/mol. The first-order valence-corrected chi connectivity index (χ1v) is 30.7. The van der Waals surface area contributed by atoms with Crippen molar-refractivity contribution in [1.29, 1.82) is 0 Å². The van der Waals surface area contributed by atoms with Crippen molar-refractivity contribution in [2.24, 2.45) is 10.9 Å². The molecule has 0 saturated carbocycles. The van der Waals surface area contributed by atoms with Gasteiger partial charge in [-0.1, -0.05) is 213 Å². The van der Waals surface area contributed by atoms with Gasteiger partial charge in [0.1, 0.15) is 5.52 Å². The third-order valence-corrected chi connectivity index (χ3v) is 20.3. The number of aromatic nitrogens is 3. The molecule has 90 heavy (non-hydrogen) atoms. The molecule has 0 aliphatic heterocycles. The van der Waals surface area contributed by atoms with Gasteiger partial charge in [0.05, 0.1) is 32.6 Å². The molecule has 0 amide bonds. The second kappa shape index (κ2) is 19.1. The number of fused-ring (bicyclic) bond motifs is 28. The first-order valence-electron chi connectivity index (χ1n) is 30.7. The maximum atomic E-state index is 6.52. The van der Waals surface area contributed by atoms with E-state index < -0.39 is 10.8 Å². The minimum atomic E-state index is -0.541. The third-order valence-electron chi connectivity index (χ3n) is 20.3. The minimum Gasteiger partial charge on any atom is -0.436 e. The van der Waals surface area contributed by atoms with Crippen LogP contribution in [0.25, 0.3) is 111 Å². The quantitative estimate of drug-likeness (QED) is 0.0978. The van der Waals surface area contributed by atoms with Gasteiger partial charge in [0.25, 0.3) is 0 Å². The number of benzene rings is 13. The molecule has 0 fully saturated rings. The standard InChI is InChI=1S/C84H48N4O.U/c1-48-74(60-29-19-37-70-76(60)58-27-9-15-35-68(58)83(70)64-31-11-5-23-54(64)55-24-6-12-32-65(55)83)80-81(75(48)61-30-20-38-71-77(61)59-28-10-16-36-69(59)84(71)66-33-13-7-25-56(66)57-26-8-14-34-67(57)84)88-79-63-46-50(82-86-72-39-17-18-40-73(72)89-82)42-44-53(63)52-43-41-49(45-62(52)78(79)87-80)47-85-51-21-3-2-4-22-51;/h2-21,23-46,48H,1H3;/q-2;+2/t48-;/m1./s1. The number of aliphatic imine (C=N–C) groups is 1. The van der Waals surface area contributed by atoms with Crippen molar-refractivity contribution in [3.05, 3.63) is 345 Å². The molecule has 0 bridgehead atoms. The van der Waals surface area contributed by atoms with E-state index in [1.165, 1.54) is 89.0 Å². The predicted molar refractivity (Wildman–Crippen MR) is 358 cm³/mol. The summed E-state index contributed by atoms with van der Waals surface area (Å²) in [4.78, 5) is 22.2. The van der Waals surface area contributed by atoms with Gasteiger partial charge in [0.2, 0.25) is 5.89 Å². The summed E-state index contributed by atoms with van der Waals surface area (Å²) >= 11 is 0. The summed E-state index contributed by atoms with van der Waals surface area (Å²) in [7, 11) is 0. The van der Waals surface area contributed by atoms with Gasteiger partial charge in [-0.3, -0.25) is 0 Å². The van der Waals surface area contributed by atoms with Gasteiger partial charge in [0, 0.05) is 16.9 Å². The number of hydrogen-bond donors (Lipinski definition) is 0. The molecular formula is C84H48N4OU. The van der Waals surface area contributed by atoms with Crippen molar-refractivity contribution in [3.63, 3.8) is 0 Å². The number of nitrogens with zero attached hydrogens (tertiary/aromatic N) is 4. The van der Waals surface area contributed by atoms with Crippen molar-refractivity contribution < 1.29 is 35.5 Å². The average Bonchev–Trinajstić information content (AvgIpc) is 1.51. The number of para-hydroxylation sites is 3. The van der Waals surface area contributed by atoms with Crippen molar-refractivity contribution >= 4 is 66.7 Å². The Bertz CT molecular complexity index is 5730. The molecule has 5 aliphatic rings. The van der Waals surface area contributed by atoms with E-state index >= 15 is 0 Å². The van der Waals surface area contributed by atoms with Crippen LogP contribution in [0.15, 0.2) is 276 Å². The Balaban J connectivity index is 0.00000583. The molecule has 2 heterocycles. The Kier molecular flexibility index (Phi) is 11.0. The van der Waals surface area contributed by atoms with Gasteiger partial charge in [-0.2, -0.15) is 24.3 Å². The Hall–Kier alpha value is -10.3. The van der Waals surface area contributed by atoms with E-state index in [4.69, 9.17) is 24.4 Å². The smallest absolute Gasteiger partial charge is 0.436 e. The van der Waals surface area contributed by atoms with Gasteiger partial charge >= 0.3 is 31.1 Å². The van der Waals surface area contributed by atoms with Gasteiger partial charge in [-0.05, 0) is 158 Å². The topological polar surface area (TPSA) is 64.2 Å². The molecule has 0 unspecified atom stereocenters. The summed E-state index contributed by atoms with van der Waals surface area (Å²) in [5.41, 5.74) is 29.6. The summed E-state index contributed by atoms with van der Waals surface area (Å²) < 4.78 is 6.52. The summed E-state index contributed by atoms with van der Waals surface area (Å²) in [6.45, 7) is 2.41. The maximum absolute atomic E-state index is 6.52. The van der Waals surface area contributed by atoms with Crippen LogP contribution in [-0.4, -0.2) is 21.2 Å². The van der Waals surface area contributed by atoms with Crippen LogP contribution >= 0.6 is 0 Å². The van der Waals surface area contributed by atoms with Crippen molar-refractivity contribution in [3.8, 4) is 56.0 Å². The van der Waals surface area contributed by atoms with Crippen LogP contribution in [0.2, 0.25) is 0 Å². The van der Waals surface area contributed by atoms with E-state index in [9.17, 15) is 0 Å². The molecule has 1 atom stereocenters. The van der Waals surface area contributed by atoms with Crippen LogP contribution in [-0.2, 0) is 10.8 Å². The summed E-state index contributed by atoms with van der Waals surface area (Å²) in [5.74, 6) is 0.362. The number of rotatable bonds is 5. The molecule has 20 rings (SSSR count). The Labute approximate surface area is 542 Å². The Morgan fingerprint density at radius 1 is 0.400 bits per heavy atom. The molecule has 0 N–H and O–H groups in total. The fourth-order valence-corrected chi connectivity index (χ4v) is 16.9. The van der Waals surface area contributed by atoms with Gasteiger partial charge in [-0.25, -0.2) is 21.0 Å². The molecule has 414 valence electrons. The molecule has 2 spiro atoms. The van der Waals surface area contributed by atoms with E-state index in [2.05, 4.69) is 238 Å². The molecule has 0 saturated heterocycles. The van der Waals surface area contributed by atoms with Crippen LogP contribution in [0.5, 0.6) is 0 Å². The zero-order valence-electron chi connectivity index (χ0n) is 48.7. The first kappa shape index (κ1) is 51.7. The molecule has 2 aromatic heterocycles. The van der Waals surface area contributed by atoms with E-state index in [-0.39, 0.29) is 37.0 Å². The largest absolute Gasteiger partial charge is 2.00 e. The Morgan fingerprint density at radius 2 is 0.833 bits per heavy atom. The number of oxazole rings is 1. The molecule has 5 nitrogen and oxygen atoms in total. The normalized spacial score (nSPS) is 15.3. The summed E-state index contributed by atoms with van der Waals surface area (Å²) in [5, 5.41) is 5.79. The Morgan fingerprint density at radius 3 is 1.34 bits per heavy atom. The van der Waals surface area contributed by atoms with Crippen molar-refractivity contribution in [2.45, 2.75) is 17.8 Å². The van der Waals surface area contributed by atoms with Gasteiger partial charge < -0.3 is 9.41 Å². The molecule has 6 heteroatoms. The molecule has 13 aromatic carbocycles. The van der Waals surface area contributed by atoms with Crippen LogP contribution in [0.3, 0.4) is 0 Å². The van der Waals surface area contributed by atoms with Crippen LogP contribution < -0.4 is 10.7 Å². The molecule has 0 radical (unpaired) electrons.